The average Bonchev–Trinajstić information content (AvgIpc) is 3.32. The first-order chi connectivity index (χ1) is 13.0. The van der Waals surface area contributed by atoms with Gasteiger partial charge in [-0.15, -0.1) is 11.8 Å². The third-order valence-electron chi connectivity index (χ3n) is 4.44. The summed E-state index contributed by atoms with van der Waals surface area (Å²) in [5.74, 6) is 1.45. The molecule has 1 fully saturated rings. The second-order valence-electron chi connectivity index (χ2n) is 6.94. The number of nitrogens with one attached hydrogen (secondary N) is 1. The lowest BCUT2D eigenvalue weighted by molar-refractivity contribution is -0.122. The molecule has 1 amide bonds. The lowest BCUT2D eigenvalue weighted by Gasteiger charge is -2.19. The van der Waals surface area contributed by atoms with Gasteiger partial charge >= 0.3 is 5.63 Å². The maximum absolute atomic E-state index is 12.6. The van der Waals surface area contributed by atoms with Crippen molar-refractivity contribution in [3.63, 3.8) is 0 Å². The molecule has 0 saturated heterocycles. The molecule has 146 valence electrons. The zero-order chi connectivity index (χ0) is 19.4. The van der Waals surface area contributed by atoms with Gasteiger partial charge in [0.25, 0.3) is 0 Å². The molecule has 0 spiro atoms. The Balaban J connectivity index is 1.71. The standard InChI is InChI=1S/C19H24N2O5S/c1-3-4-14(20-18(24)15-10-27-19(21-15)11(2)22)16-7-13(8-17(23)26-16)25-9-12-5-6-12/h7-8,12,14-15H,3-6,9-10H2,1-2H3,(H,20,24)/t14-,15+/m1/s1. The van der Waals surface area contributed by atoms with E-state index in [0.717, 1.165) is 19.3 Å². The Morgan fingerprint density at radius 2 is 2.19 bits per heavy atom. The van der Waals surface area contributed by atoms with Crippen molar-refractivity contribution in [2.45, 2.75) is 51.6 Å². The number of hydrogen-bond donors (Lipinski definition) is 1. The molecule has 1 aliphatic heterocycles. The van der Waals surface area contributed by atoms with Gasteiger partial charge in [0.2, 0.25) is 5.91 Å². The number of ketones is 1. The van der Waals surface area contributed by atoms with Gasteiger partial charge in [-0.25, -0.2) is 4.79 Å². The molecular weight excluding hydrogens is 368 g/mol. The molecule has 2 aliphatic rings. The zero-order valence-corrected chi connectivity index (χ0v) is 16.3. The van der Waals surface area contributed by atoms with Crippen molar-refractivity contribution in [2.24, 2.45) is 10.9 Å². The van der Waals surface area contributed by atoms with Crippen LogP contribution in [0.1, 0.15) is 51.3 Å². The van der Waals surface area contributed by atoms with E-state index in [0.29, 0.717) is 41.3 Å². The molecule has 0 aromatic carbocycles. The number of nitrogens with zero attached hydrogens (tertiary/aromatic N) is 1. The van der Waals surface area contributed by atoms with Crippen LogP contribution in [-0.4, -0.2) is 35.1 Å². The van der Waals surface area contributed by atoms with Crippen molar-refractivity contribution in [1.29, 1.82) is 0 Å². The van der Waals surface area contributed by atoms with Gasteiger partial charge in [-0.3, -0.25) is 14.6 Å². The predicted octanol–water partition coefficient (Wildman–Crippen LogP) is 2.49. The number of Topliss-reactive ketones (excluding diaryl/α,β-unsaturated/α-hetero) is 1. The molecule has 1 aliphatic carbocycles. The lowest BCUT2D eigenvalue weighted by Crippen LogP contribution is -2.37. The van der Waals surface area contributed by atoms with Crippen molar-refractivity contribution < 1.29 is 18.7 Å². The molecule has 0 radical (unpaired) electrons. The van der Waals surface area contributed by atoms with Crippen LogP contribution < -0.4 is 15.7 Å². The van der Waals surface area contributed by atoms with Crippen molar-refractivity contribution in [3.05, 3.63) is 28.3 Å². The highest BCUT2D eigenvalue weighted by atomic mass is 32.2. The summed E-state index contributed by atoms with van der Waals surface area (Å²) < 4.78 is 11.0. The van der Waals surface area contributed by atoms with Gasteiger partial charge < -0.3 is 14.5 Å². The molecule has 0 unspecified atom stereocenters. The van der Waals surface area contributed by atoms with Crippen LogP contribution in [0.2, 0.25) is 0 Å². The van der Waals surface area contributed by atoms with E-state index >= 15 is 0 Å². The summed E-state index contributed by atoms with van der Waals surface area (Å²) in [6, 6.07) is 1.96. The summed E-state index contributed by atoms with van der Waals surface area (Å²) >= 11 is 1.29. The van der Waals surface area contributed by atoms with Gasteiger partial charge in [0.15, 0.2) is 5.78 Å². The zero-order valence-electron chi connectivity index (χ0n) is 15.5. The van der Waals surface area contributed by atoms with E-state index in [9.17, 15) is 14.4 Å². The van der Waals surface area contributed by atoms with Gasteiger partial charge in [0.1, 0.15) is 22.6 Å². The Morgan fingerprint density at radius 3 is 2.81 bits per heavy atom. The fourth-order valence-corrected chi connectivity index (χ4v) is 3.72. The number of rotatable bonds is 9. The van der Waals surface area contributed by atoms with E-state index < -0.39 is 17.7 Å². The molecule has 1 N–H and O–H groups in total. The summed E-state index contributed by atoms with van der Waals surface area (Å²) in [6.07, 6.45) is 3.73. The average molecular weight is 392 g/mol. The minimum atomic E-state index is -0.603. The minimum absolute atomic E-state index is 0.132. The van der Waals surface area contributed by atoms with Gasteiger partial charge in [-0.2, -0.15) is 0 Å². The van der Waals surface area contributed by atoms with E-state index in [1.54, 1.807) is 6.07 Å². The van der Waals surface area contributed by atoms with Crippen LogP contribution in [0.4, 0.5) is 0 Å². The third kappa shape index (κ3) is 5.45. The largest absolute Gasteiger partial charge is 0.493 e. The maximum Gasteiger partial charge on any atom is 0.339 e. The van der Waals surface area contributed by atoms with Crippen molar-refractivity contribution in [1.82, 2.24) is 5.32 Å². The normalized spacial score (nSPS) is 20.1. The van der Waals surface area contributed by atoms with Crippen LogP contribution in [0.5, 0.6) is 5.75 Å². The van der Waals surface area contributed by atoms with Crippen LogP contribution in [0, 0.1) is 5.92 Å². The summed E-state index contributed by atoms with van der Waals surface area (Å²) in [6.45, 7) is 4.02. The Morgan fingerprint density at radius 1 is 1.41 bits per heavy atom. The summed E-state index contributed by atoms with van der Waals surface area (Å²) in [5, 5.41) is 3.29. The molecule has 3 rings (SSSR count). The van der Waals surface area contributed by atoms with Crippen LogP contribution in [0.15, 0.2) is 26.3 Å². The molecular formula is C19H24N2O5S. The van der Waals surface area contributed by atoms with E-state index in [4.69, 9.17) is 9.15 Å². The fourth-order valence-electron chi connectivity index (χ4n) is 2.77. The van der Waals surface area contributed by atoms with E-state index in [-0.39, 0.29) is 11.7 Å². The topological polar surface area (TPSA) is 98.0 Å². The Kier molecular flexibility index (Phi) is 6.36. The molecule has 8 heteroatoms. The maximum atomic E-state index is 12.6. The van der Waals surface area contributed by atoms with Crippen LogP contribution in [-0.2, 0) is 9.59 Å². The summed E-state index contributed by atoms with van der Waals surface area (Å²) in [5.41, 5.74) is -0.498. The smallest absolute Gasteiger partial charge is 0.339 e. The molecule has 2 atom stereocenters. The number of hydrogen-bond acceptors (Lipinski definition) is 7. The fraction of sp³-hybridized carbons (Fsp3) is 0.579. The quantitative estimate of drug-likeness (QED) is 0.693. The summed E-state index contributed by atoms with van der Waals surface area (Å²) in [7, 11) is 0. The summed E-state index contributed by atoms with van der Waals surface area (Å²) in [4.78, 5) is 40.1. The molecule has 1 saturated carbocycles. The SMILES string of the molecule is CCC[C@@H](NC(=O)[C@@H]1CSC(C(C)=O)=N1)c1cc(OCC2CC2)cc(=O)o1. The first kappa shape index (κ1) is 19.7. The van der Waals surface area contributed by atoms with E-state index in [1.807, 2.05) is 6.92 Å². The second kappa shape index (κ2) is 8.73. The first-order valence-electron chi connectivity index (χ1n) is 9.26. The molecule has 1 aromatic heterocycles. The molecule has 27 heavy (non-hydrogen) atoms. The minimum Gasteiger partial charge on any atom is -0.493 e. The Hall–Kier alpha value is -2.09. The second-order valence-corrected chi connectivity index (χ2v) is 7.94. The third-order valence-corrected chi connectivity index (χ3v) is 5.59. The number of carbonyl (C=O) groups is 2. The van der Waals surface area contributed by atoms with Crippen molar-refractivity contribution in [2.75, 3.05) is 12.4 Å². The van der Waals surface area contributed by atoms with Crippen LogP contribution in [0.25, 0.3) is 0 Å². The molecule has 1 aromatic rings. The number of amides is 1. The van der Waals surface area contributed by atoms with Gasteiger partial charge in [-0.1, -0.05) is 13.3 Å². The molecule has 0 bridgehead atoms. The molecule has 2 heterocycles. The van der Waals surface area contributed by atoms with Gasteiger partial charge in [0.05, 0.1) is 18.7 Å². The monoisotopic (exact) mass is 392 g/mol. The lowest BCUT2D eigenvalue weighted by atomic mass is 10.1. The van der Waals surface area contributed by atoms with Gasteiger partial charge in [-0.05, 0) is 25.2 Å². The number of aliphatic imine (C=N–C) groups is 1. The van der Waals surface area contributed by atoms with Crippen molar-refractivity contribution >= 4 is 28.5 Å². The van der Waals surface area contributed by atoms with Crippen molar-refractivity contribution in [3.8, 4) is 5.75 Å². The number of carbonyl (C=O) groups excluding carboxylic acids is 2. The highest BCUT2D eigenvalue weighted by Gasteiger charge is 2.29. The first-order valence-corrected chi connectivity index (χ1v) is 10.2. The van der Waals surface area contributed by atoms with Crippen LogP contribution in [0.3, 0.4) is 0 Å². The van der Waals surface area contributed by atoms with E-state index in [1.165, 1.54) is 24.8 Å². The van der Waals surface area contributed by atoms with Crippen LogP contribution >= 0.6 is 11.8 Å². The van der Waals surface area contributed by atoms with E-state index in [2.05, 4.69) is 10.3 Å². The number of thioether (sulfide) groups is 1. The predicted molar refractivity (Wildman–Crippen MR) is 103 cm³/mol. The Labute approximate surface area is 162 Å². The Bertz CT molecular complexity index is 800. The highest BCUT2D eigenvalue weighted by molar-refractivity contribution is 8.16. The van der Waals surface area contributed by atoms with Gasteiger partial charge in [0, 0.05) is 18.7 Å². The number of ether oxygens (including phenoxy) is 1. The highest BCUT2D eigenvalue weighted by Crippen LogP contribution is 2.30. The molecule has 7 nitrogen and oxygen atoms in total.